The van der Waals surface area contributed by atoms with Crippen LogP contribution in [-0.4, -0.2) is 84.7 Å². The molecule has 4 rings (SSSR count). The summed E-state index contributed by atoms with van der Waals surface area (Å²) in [5.41, 5.74) is 1.54. The first-order valence-corrected chi connectivity index (χ1v) is 11.2. The molecule has 2 aliphatic heterocycles. The molecule has 2 aliphatic rings. The van der Waals surface area contributed by atoms with Crippen LogP contribution in [0.1, 0.15) is 22.8 Å². The average molecular weight is 445 g/mol. The number of rotatable bonds is 6. The molecule has 2 fully saturated rings. The molecule has 8 nitrogen and oxygen atoms in total. The van der Waals surface area contributed by atoms with Gasteiger partial charge in [-0.3, -0.25) is 4.79 Å². The number of carbonyl (C=O) groups excluding carboxylic acids is 1. The molecule has 2 aromatic rings. The predicted molar refractivity (Wildman–Crippen MR) is 122 cm³/mol. The van der Waals surface area contributed by atoms with Crippen LogP contribution in [-0.2, 0) is 11.3 Å². The minimum absolute atomic E-state index is 0.0659. The van der Waals surface area contributed by atoms with Gasteiger partial charge in [0.2, 0.25) is 0 Å². The number of nitrogens with one attached hydrogen (secondary N) is 1. The summed E-state index contributed by atoms with van der Waals surface area (Å²) in [6.45, 7) is 10.3. The van der Waals surface area contributed by atoms with Crippen LogP contribution in [0, 0.1) is 0 Å². The number of hydrogen-bond donors (Lipinski definition) is 1. The Hall–Kier alpha value is -2.42. The van der Waals surface area contributed by atoms with E-state index in [2.05, 4.69) is 44.1 Å². The molecular formula is C22H29ClN6O2. The zero-order valence-corrected chi connectivity index (χ0v) is 18.6. The third kappa shape index (κ3) is 5.44. The van der Waals surface area contributed by atoms with E-state index in [0.29, 0.717) is 49.3 Å². The van der Waals surface area contributed by atoms with E-state index in [0.717, 1.165) is 44.1 Å². The van der Waals surface area contributed by atoms with Crippen LogP contribution in [0.15, 0.2) is 30.6 Å². The first kappa shape index (κ1) is 21.8. The average Bonchev–Trinajstić information content (AvgIpc) is 2.84. The zero-order chi connectivity index (χ0) is 21.6. The van der Waals surface area contributed by atoms with Gasteiger partial charge >= 0.3 is 0 Å². The van der Waals surface area contributed by atoms with Crippen molar-refractivity contribution >= 4 is 29.1 Å². The van der Waals surface area contributed by atoms with Gasteiger partial charge in [0.25, 0.3) is 5.91 Å². The largest absolute Gasteiger partial charge is 0.378 e. The molecule has 2 saturated heterocycles. The number of likely N-dealkylation sites (N-methyl/N-ethyl adjacent to an activating group) is 1. The summed E-state index contributed by atoms with van der Waals surface area (Å²) in [5, 5.41) is 3.67. The summed E-state index contributed by atoms with van der Waals surface area (Å²) in [4.78, 5) is 28.1. The SMILES string of the molecule is CCN1CCN(c2ccc(CNc3ncc(C(=O)N4CCOCC4)cc3Cl)cn2)CC1. The highest BCUT2D eigenvalue weighted by atomic mass is 35.5. The lowest BCUT2D eigenvalue weighted by Gasteiger charge is -2.34. The van der Waals surface area contributed by atoms with Crippen LogP contribution in [0.2, 0.25) is 5.02 Å². The van der Waals surface area contributed by atoms with Gasteiger partial charge in [0.1, 0.15) is 11.6 Å². The Labute approximate surface area is 188 Å². The van der Waals surface area contributed by atoms with Crippen molar-refractivity contribution in [3.05, 3.63) is 46.7 Å². The molecule has 9 heteroatoms. The lowest BCUT2D eigenvalue weighted by Crippen LogP contribution is -2.46. The highest BCUT2D eigenvalue weighted by molar-refractivity contribution is 6.33. The van der Waals surface area contributed by atoms with Crippen LogP contribution in [0.25, 0.3) is 0 Å². The van der Waals surface area contributed by atoms with Crippen molar-refractivity contribution < 1.29 is 9.53 Å². The first-order chi connectivity index (χ1) is 15.1. The van der Waals surface area contributed by atoms with Gasteiger partial charge in [0.15, 0.2) is 0 Å². The number of anilines is 2. The molecule has 1 amide bonds. The molecule has 0 spiro atoms. The first-order valence-electron chi connectivity index (χ1n) is 10.8. The standard InChI is InChI=1S/C22H29ClN6O2/c1-2-27-5-7-28(8-6-27)20-4-3-17(14-24-20)15-25-21-19(23)13-18(16-26-21)22(30)29-9-11-31-12-10-29/h3-4,13-14,16H,2,5-12,15H2,1H3,(H,25,26). The van der Waals surface area contributed by atoms with Gasteiger partial charge in [0.05, 0.1) is 23.8 Å². The Bertz CT molecular complexity index is 880. The summed E-state index contributed by atoms with van der Waals surface area (Å²) in [6.07, 6.45) is 3.46. The van der Waals surface area contributed by atoms with Crippen LogP contribution >= 0.6 is 11.6 Å². The van der Waals surface area contributed by atoms with Crippen molar-refractivity contribution in [3.8, 4) is 0 Å². The predicted octanol–water partition coefficient (Wildman–Crippen LogP) is 2.36. The second-order valence-corrected chi connectivity index (χ2v) is 8.17. The van der Waals surface area contributed by atoms with E-state index in [1.807, 2.05) is 6.20 Å². The van der Waals surface area contributed by atoms with E-state index in [-0.39, 0.29) is 5.91 Å². The minimum Gasteiger partial charge on any atom is -0.378 e. The molecule has 0 aromatic carbocycles. The maximum Gasteiger partial charge on any atom is 0.255 e. The van der Waals surface area contributed by atoms with Gasteiger partial charge in [-0.25, -0.2) is 9.97 Å². The van der Waals surface area contributed by atoms with E-state index in [1.54, 1.807) is 17.2 Å². The van der Waals surface area contributed by atoms with E-state index < -0.39 is 0 Å². The van der Waals surface area contributed by atoms with E-state index in [4.69, 9.17) is 16.3 Å². The Morgan fingerprint density at radius 3 is 2.52 bits per heavy atom. The highest BCUT2D eigenvalue weighted by Gasteiger charge is 2.20. The fourth-order valence-electron chi connectivity index (χ4n) is 3.82. The number of nitrogens with zero attached hydrogens (tertiary/aromatic N) is 5. The smallest absolute Gasteiger partial charge is 0.255 e. The Morgan fingerprint density at radius 2 is 1.87 bits per heavy atom. The molecule has 0 saturated carbocycles. The van der Waals surface area contributed by atoms with Gasteiger partial charge in [0, 0.05) is 58.2 Å². The number of aromatic nitrogens is 2. The molecule has 1 N–H and O–H groups in total. The second kappa shape index (κ2) is 10.3. The third-order valence-electron chi connectivity index (χ3n) is 5.80. The van der Waals surface area contributed by atoms with Gasteiger partial charge < -0.3 is 24.8 Å². The maximum atomic E-state index is 12.6. The third-order valence-corrected chi connectivity index (χ3v) is 6.09. The number of piperazine rings is 1. The number of carbonyl (C=O) groups is 1. The summed E-state index contributed by atoms with van der Waals surface area (Å²) in [5.74, 6) is 1.51. The molecular weight excluding hydrogens is 416 g/mol. The molecule has 0 unspecified atom stereocenters. The zero-order valence-electron chi connectivity index (χ0n) is 17.9. The summed E-state index contributed by atoms with van der Waals surface area (Å²) in [6, 6.07) is 5.81. The molecule has 2 aromatic heterocycles. The number of ether oxygens (including phenoxy) is 1. The summed E-state index contributed by atoms with van der Waals surface area (Å²) < 4.78 is 5.30. The van der Waals surface area contributed by atoms with Crippen LogP contribution in [0.5, 0.6) is 0 Å². The highest BCUT2D eigenvalue weighted by Crippen LogP contribution is 2.22. The van der Waals surface area contributed by atoms with E-state index >= 15 is 0 Å². The molecule has 0 bridgehead atoms. The van der Waals surface area contributed by atoms with Crippen molar-refractivity contribution in [1.29, 1.82) is 0 Å². The number of morpholine rings is 1. The van der Waals surface area contributed by atoms with E-state index in [1.165, 1.54) is 0 Å². The van der Waals surface area contributed by atoms with Crippen LogP contribution in [0.4, 0.5) is 11.6 Å². The lowest BCUT2D eigenvalue weighted by molar-refractivity contribution is 0.0302. The topological polar surface area (TPSA) is 73.8 Å². The van der Waals surface area contributed by atoms with Gasteiger partial charge in [-0.2, -0.15) is 0 Å². The fraction of sp³-hybridized carbons (Fsp3) is 0.500. The van der Waals surface area contributed by atoms with Crippen LogP contribution in [0.3, 0.4) is 0 Å². The van der Waals surface area contributed by atoms with Crippen molar-refractivity contribution in [2.75, 3.05) is 69.2 Å². The van der Waals surface area contributed by atoms with Crippen molar-refractivity contribution in [1.82, 2.24) is 19.8 Å². The maximum absolute atomic E-state index is 12.6. The Kier molecular flexibility index (Phi) is 7.21. The second-order valence-electron chi connectivity index (χ2n) is 7.76. The molecule has 31 heavy (non-hydrogen) atoms. The van der Waals surface area contributed by atoms with Crippen LogP contribution < -0.4 is 10.2 Å². The quantitative estimate of drug-likeness (QED) is 0.733. The van der Waals surface area contributed by atoms with Gasteiger partial charge in [-0.05, 0) is 24.2 Å². The summed E-state index contributed by atoms with van der Waals surface area (Å²) >= 11 is 6.38. The molecule has 0 atom stereocenters. The number of amides is 1. The van der Waals surface area contributed by atoms with E-state index in [9.17, 15) is 4.79 Å². The molecule has 0 aliphatic carbocycles. The van der Waals surface area contributed by atoms with Crippen molar-refractivity contribution in [3.63, 3.8) is 0 Å². The van der Waals surface area contributed by atoms with Gasteiger partial charge in [-0.15, -0.1) is 0 Å². The fourth-order valence-corrected chi connectivity index (χ4v) is 4.05. The number of halogens is 1. The van der Waals surface area contributed by atoms with Crippen molar-refractivity contribution in [2.45, 2.75) is 13.5 Å². The molecule has 0 radical (unpaired) electrons. The van der Waals surface area contributed by atoms with Crippen molar-refractivity contribution in [2.24, 2.45) is 0 Å². The molecule has 4 heterocycles. The summed E-state index contributed by atoms with van der Waals surface area (Å²) in [7, 11) is 0. The Morgan fingerprint density at radius 1 is 1.10 bits per heavy atom. The number of pyridine rings is 2. The Balaban J connectivity index is 1.32. The molecule has 166 valence electrons. The monoisotopic (exact) mass is 444 g/mol. The normalized spacial score (nSPS) is 17.6. The lowest BCUT2D eigenvalue weighted by atomic mass is 10.2. The van der Waals surface area contributed by atoms with Gasteiger partial charge in [-0.1, -0.05) is 24.6 Å². The minimum atomic E-state index is -0.0659. The number of hydrogen-bond acceptors (Lipinski definition) is 7.